The van der Waals surface area contributed by atoms with E-state index in [4.69, 9.17) is 19.4 Å². The molecule has 0 fully saturated rings. The fourth-order valence-corrected chi connectivity index (χ4v) is 4.40. The lowest BCUT2D eigenvalue weighted by atomic mass is 10.1. The van der Waals surface area contributed by atoms with Gasteiger partial charge in [0, 0.05) is 23.1 Å². The molecular formula is C31H34F3N3O5. The maximum atomic E-state index is 13.3. The molecule has 0 unspecified atom stereocenters. The zero-order valence-electron chi connectivity index (χ0n) is 23.9. The molecule has 0 aliphatic heterocycles. The first-order chi connectivity index (χ1) is 19.9. The number of carbonyl (C=O) groups excluding carboxylic acids is 1. The number of hydrogen-bond donors (Lipinski definition) is 2. The number of hydrogen-bond acceptors (Lipinski definition) is 5. The highest BCUT2D eigenvalue weighted by Crippen LogP contribution is 2.29. The lowest BCUT2D eigenvalue weighted by molar-refractivity contribution is -0.192. The molecule has 0 aliphatic carbocycles. The third kappa shape index (κ3) is 8.73. The van der Waals surface area contributed by atoms with Gasteiger partial charge in [-0.3, -0.25) is 9.78 Å². The van der Waals surface area contributed by atoms with Gasteiger partial charge in [0.1, 0.15) is 5.69 Å². The molecule has 0 bridgehead atoms. The van der Waals surface area contributed by atoms with Crippen LogP contribution in [-0.4, -0.2) is 52.5 Å². The Bertz CT molecular complexity index is 1510. The number of carboxylic acid groups (broad SMARTS) is 1. The second-order valence-electron chi connectivity index (χ2n) is 9.41. The molecule has 0 radical (unpaired) electrons. The summed E-state index contributed by atoms with van der Waals surface area (Å²) >= 11 is 0. The van der Waals surface area contributed by atoms with Crippen LogP contribution in [0.5, 0.6) is 11.5 Å². The van der Waals surface area contributed by atoms with Crippen molar-refractivity contribution in [2.75, 3.05) is 19.8 Å². The average Bonchev–Trinajstić information content (AvgIpc) is 3.28. The van der Waals surface area contributed by atoms with Crippen LogP contribution in [0.1, 0.15) is 46.9 Å². The summed E-state index contributed by atoms with van der Waals surface area (Å²) in [5, 5.41) is 11.3. The number of alkyl halides is 3. The summed E-state index contributed by atoms with van der Waals surface area (Å²) in [5.74, 6) is -1.38. The molecule has 4 aromatic rings. The Labute approximate surface area is 242 Å². The van der Waals surface area contributed by atoms with E-state index < -0.39 is 12.1 Å². The minimum Gasteiger partial charge on any atom is -0.490 e. The number of fused-ring (bicyclic) bond motifs is 1. The van der Waals surface area contributed by atoms with Gasteiger partial charge in [-0.1, -0.05) is 24.3 Å². The van der Waals surface area contributed by atoms with E-state index in [0.717, 1.165) is 44.9 Å². The number of amides is 1. The standard InChI is InChI=1S/C29H33N3O3.C2HF3O2/c1-5-34-27-12-11-22(17-28(27)35-6-2)13-14-30-29(33)26-18-23-9-7-8-10-25(23)32(26)19-24-16-20(3)15-21(4)31-24;3-2(4,5)1(6)7/h7-12,15-18H,5-6,13-14,19H2,1-4H3,(H,30,33);(H,6,7). The average molecular weight is 586 g/mol. The summed E-state index contributed by atoms with van der Waals surface area (Å²) in [6, 6.07) is 20.1. The van der Waals surface area contributed by atoms with Crippen molar-refractivity contribution in [2.24, 2.45) is 0 Å². The zero-order valence-corrected chi connectivity index (χ0v) is 23.9. The Morgan fingerprint density at radius 3 is 2.26 bits per heavy atom. The monoisotopic (exact) mass is 585 g/mol. The van der Waals surface area contributed by atoms with E-state index in [-0.39, 0.29) is 5.91 Å². The topological polar surface area (TPSA) is 103 Å². The molecule has 2 aromatic carbocycles. The van der Waals surface area contributed by atoms with Crippen molar-refractivity contribution in [1.29, 1.82) is 0 Å². The first-order valence-corrected chi connectivity index (χ1v) is 13.4. The molecule has 2 aromatic heterocycles. The number of halogens is 3. The number of carbonyl (C=O) groups is 2. The molecule has 0 saturated carbocycles. The molecular weight excluding hydrogens is 551 g/mol. The number of aromatic nitrogens is 2. The predicted molar refractivity (Wildman–Crippen MR) is 153 cm³/mol. The molecule has 0 aliphatic rings. The summed E-state index contributed by atoms with van der Waals surface area (Å²) in [4.78, 5) is 26.8. The van der Waals surface area contributed by atoms with Gasteiger partial charge in [-0.05, 0) is 81.6 Å². The normalized spacial score (nSPS) is 11.0. The maximum absolute atomic E-state index is 13.3. The van der Waals surface area contributed by atoms with Crippen LogP contribution in [-0.2, 0) is 17.8 Å². The molecule has 8 nitrogen and oxygen atoms in total. The number of aliphatic carboxylic acids is 1. The Morgan fingerprint density at radius 2 is 1.62 bits per heavy atom. The number of aryl methyl sites for hydroxylation is 2. The van der Waals surface area contributed by atoms with Crippen molar-refractivity contribution in [3.63, 3.8) is 0 Å². The lowest BCUT2D eigenvalue weighted by Crippen LogP contribution is -2.28. The van der Waals surface area contributed by atoms with Gasteiger partial charge in [0.2, 0.25) is 0 Å². The minimum absolute atomic E-state index is 0.0958. The van der Waals surface area contributed by atoms with Crippen LogP contribution >= 0.6 is 0 Å². The second kappa shape index (κ2) is 14.4. The number of carboxylic acids is 1. The van der Waals surface area contributed by atoms with E-state index >= 15 is 0 Å². The highest BCUT2D eigenvalue weighted by molar-refractivity contribution is 5.98. The van der Waals surface area contributed by atoms with Gasteiger partial charge in [0.25, 0.3) is 5.91 Å². The smallest absolute Gasteiger partial charge is 0.490 e. The van der Waals surface area contributed by atoms with Gasteiger partial charge in [-0.25, -0.2) is 4.79 Å². The molecule has 0 atom stereocenters. The van der Waals surface area contributed by atoms with Crippen LogP contribution in [0.2, 0.25) is 0 Å². The van der Waals surface area contributed by atoms with Gasteiger partial charge >= 0.3 is 12.1 Å². The second-order valence-corrected chi connectivity index (χ2v) is 9.41. The molecule has 0 saturated heterocycles. The third-order valence-corrected chi connectivity index (χ3v) is 6.06. The van der Waals surface area contributed by atoms with Crippen molar-refractivity contribution >= 4 is 22.8 Å². The number of benzene rings is 2. The highest BCUT2D eigenvalue weighted by Gasteiger charge is 2.38. The molecule has 2 heterocycles. The van der Waals surface area contributed by atoms with E-state index in [1.54, 1.807) is 0 Å². The Balaban J connectivity index is 0.000000616. The van der Waals surface area contributed by atoms with E-state index in [9.17, 15) is 18.0 Å². The largest absolute Gasteiger partial charge is 0.490 e. The lowest BCUT2D eigenvalue weighted by Gasteiger charge is -2.13. The number of ether oxygens (including phenoxy) is 2. The van der Waals surface area contributed by atoms with E-state index in [1.807, 2.05) is 69.3 Å². The van der Waals surface area contributed by atoms with Crippen LogP contribution < -0.4 is 14.8 Å². The minimum atomic E-state index is -5.08. The summed E-state index contributed by atoms with van der Waals surface area (Å²) in [6.45, 7) is 10.2. The number of nitrogens with zero attached hydrogens (tertiary/aromatic N) is 2. The van der Waals surface area contributed by atoms with Crippen LogP contribution in [0.15, 0.2) is 60.7 Å². The highest BCUT2D eigenvalue weighted by atomic mass is 19.4. The van der Waals surface area contributed by atoms with E-state index in [2.05, 4.69) is 33.9 Å². The molecule has 224 valence electrons. The first kappa shape index (κ1) is 32.0. The van der Waals surface area contributed by atoms with Crippen molar-refractivity contribution in [3.8, 4) is 11.5 Å². The zero-order chi connectivity index (χ0) is 30.9. The van der Waals surface area contributed by atoms with Crippen LogP contribution in [0.25, 0.3) is 10.9 Å². The molecule has 2 N–H and O–H groups in total. The summed E-state index contributed by atoms with van der Waals surface area (Å²) in [6.07, 6.45) is -4.39. The van der Waals surface area contributed by atoms with Gasteiger partial charge in [-0.15, -0.1) is 0 Å². The fraction of sp³-hybridized carbons (Fsp3) is 0.323. The van der Waals surface area contributed by atoms with E-state index in [0.29, 0.717) is 38.4 Å². The molecule has 11 heteroatoms. The Morgan fingerprint density at radius 1 is 0.952 bits per heavy atom. The van der Waals surface area contributed by atoms with Gasteiger partial charge in [-0.2, -0.15) is 13.2 Å². The summed E-state index contributed by atoms with van der Waals surface area (Å²) < 4.78 is 45.2. The molecule has 42 heavy (non-hydrogen) atoms. The van der Waals surface area contributed by atoms with Crippen LogP contribution in [0, 0.1) is 13.8 Å². The molecule has 0 spiro atoms. The molecule has 4 rings (SSSR count). The Hall–Kier alpha value is -4.54. The van der Waals surface area contributed by atoms with Crippen molar-refractivity contribution in [1.82, 2.24) is 14.9 Å². The fourth-order valence-electron chi connectivity index (χ4n) is 4.40. The summed E-state index contributed by atoms with van der Waals surface area (Å²) in [5.41, 5.74) is 5.81. The van der Waals surface area contributed by atoms with E-state index in [1.165, 1.54) is 0 Å². The molecule has 1 amide bonds. The SMILES string of the molecule is CCOc1ccc(CCNC(=O)c2cc3ccccc3n2Cc2cc(C)cc(C)n2)cc1OCC.O=C(O)C(F)(F)F. The third-order valence-electron chi connectivity index (χ3n) is 6.06. The van der Waals surface area contributed by atoms with Gasteiger partial charge in [0.05, 0.1) is 25.5 Å². The predicted octanol–water partition coefficient (Wildman–Crippen LogP) is 6.10. The first-order valence-electron chi connectivity index (χ1n) is 13.4. The number of pyridine rings is 1. The number of nitrogens with one attached hydrogen (secondary N) is 1. The van der Waals surface area contributed by atoms with Gasteiger partial charge < -0.3 is 24.5 Å². The maximum Gasteiger partial charge on any atom is 0.490 e. The quantitative estimate of drug-likeness (QED) is 0.233. The summed E-state index contributed by atoms with van der Waals surface area (Å²) in [7, 11) is 0. The van der Waals surface area contributed by atoms with Gasteiger partial charge in [0.15, 0.2) is 11.5 Å². The van der Waals surface area contributed by atoms with Crippen LogP contribution in [0.4, 0.5) is 13.2 Å². The van der Waals surface area contributed by atoms with Crippen molar-refractivity contribution in [3.05, 3.63) is 88.9 Å². The number of para-hydroxylation sites is 1. The Kier molecular flexibility index (Phi) is 11.0. The number of rotatable bonds is 10. The van der Waals surface area contributed by atoms with Crippen LogP contribution in [0.3, 0.4) is 0 Å². The van der Waals surface area contributed by atoms with Crippen molar-refractivity contribution < 1.29 is 37.3 Å². The van der Waals surface area contributed by atoms with Crippen molar-refractivity contribution in [2.45, 2.75) is 46.8 Å².